The van der Waals surface area contributed by atoms with Gasteiger partial charge in [-0.2, -0.15) is 0 Å². The van der Waals surface area contributed by atoms with Crippen LogP contribution in [-0.2, 0) is 28.4 Å². The Bertz CT molecular complexity index is 1450. The van der Waals surface area contributed by atoms with Crippen molar-refractivity contribution in [1.29, 1.82) is 0 Å². The number of hydrogen-bond donors (Lipinski definition) is 4. The standard InChI is InChI=1S/C33H34O13/c1-18-23(34)24(35)25(36)33(42-18)46-26-22(17-41-29(37)19-11-5-2-6-12-19)43-32(40)28(45-31(39)21-15-9-4-10-16-21)27(26)44-30(38)20-13-7-3-8-14-20/h2-16,18,22-28,32-36,40H,17H2,1H3/t18-,22-,23+,24+,25-,26+,27+,28-,32-,33+/m1/s1. The van der Waals surface area contributed by atoms with E-state index in [0.29, 0.717) is 0 Å². The molecular formula is C33H34O13. The molecule has 3 aromatic carbocycles. The van der Waals surface area contributed by atoms with Crippen LogP contribution >= 0.6 is 0 Å². The highest BCUT2D eigenvalue weighted by Gasteiger charge is 2.54. The van der Waals surface area contributed by atoms with E-state index in [1.165, 1.54) is 43.3 Å². The first-order valence-corrected chi connectivity index (χ1v) is 14.6. The Hall–Kier alpha value is -4.21. The molecule has 2 heterocycles. The van der Waals surface area contributed by atoms with E-state index >= 15 is 0 Å². The highest BCUT2D eigenvalue weighted by Crippen LogP contribution is 2.32. The lowest BCUT2D eigenvalue weighted by Crippen LogP contribution is -2.65. The molecule has 0 amide bonds. The van der Waals surface area contributed by atoms with Gasteiger partial charge < -0.3 is 48.8 Å². The number of aliphatic hydroxyl groups excluding tert-OH is 4. The summed E-state index contributed by atoms with van der Waals surface area (Å²) in [7, 11) is 0. The second-order valence-corrected chi connectivity index (χ2v) is 10.8. The van der Waals surface area contributed by atoms with E-state index in [0.717, 1.165) is 0 Å². The average Bonchev–Trinajstić information content (AvgIpc) is 3.08. The number of hydrogen-bond acceptors (Lipinski definition) is 13. The fourth-order valence-electron chi connectivity index (χ4n) is 5.08. The maximum Gasteiger partial charge on any atom is 0.338 e. The molecule has 244 valence electrons. The second-order valence-electron chi connectivity index (χ2n) is 10.8. The largest absolute Gasteiger partial charge is 0.459 e. The molecule has 3 aromatic rings. The maximum atomic E-state index is 13.3. The highest BCUT2D eigenvalue weighted by atomic mass is 16.7. The fraction of sp³-hybridized carbons (Fsp3) is 0.364. The van der Waals surface area contributed by atoms with Crippen LogP contribution in [0.1, 0.15) is 38.0 Å². The van der Waals surface area contributed by atoms with Crippen LogP contribution in [0, 0.1) is 0 Å². The molecule has 2 fully saturated rings. The Kier molecular flexibility index (Phi) is 10.8. The van der Waals surface area contributed by atoms with E-state index in [2.05, 4.69) is 0 Å². The molecule has 0 radical (unpaired) electrons. The molecule has 13 nitrogen and oxygen atoms in total. The molecule has 2 aliphatic rings. The van der Waals surface area contributed by atoms with Gasteiger partial charge in [-0.05, 0) is 43.3 Å². The van der Waals surface area contributed by atoms with Gasteiger partial charge in [-0.1, -0.05) is 54.6 Å². The van der Waals surface area contributed by atoms with Gasteiger partial charge in [-0.15, -0.1) is 0 Å². The summed E-state index contributed by atoms with van der Waals surface area (Å²) in [4.78, 5) is 39.3. The van der Waals surface area contributed by atoms with E-state index in [4.69, 9.17) is 28.4 Å². The predicted molar refractivity (Wildman–Crippen MR) is 156 cm³/mol. The summed E-state index contributed by atoms with van der Waals surface area (Å²) in [6.45, 7) is 0.880. The van der Waals surface area contributed by atoms with E-state index < -0.39 is 85.9 Å². The van der Waals surface area contributed by atoms with E-state index in [1.807, 2.05) is 0 Å². The van der Waals surface area contributed by atoms with Crippen LogP contribution in [0.25, 0.3) is 0 Å². The summed E-state index contributed by atoms with van der Waals surface area (Å²) in [6, 6.07) is 23.7. The molecule has 46 heavy (non-hydrogen) atoms. The molecule has 0 unspecified atom stereocenters. The van der Waals surface area contributed by atoms with Crippen LogP contribution in [-0.4, -0.2) is 106 Å². The number of esters is 3. The SMILES string of the molecule is C[C@H]1O[C@@H](O[C@@H]2[C@H](OC(=O)c3ccccc3)[C@@H](OC(=O)c3ccccc3)[C@H](O)O[C@@H]2COC(=O)c2ccccc2)[C@H](O)[C@@H](O)[C@H]1O. The minimum absolute atomic E-state index is 0.114. The maximum absolute atomic E-state index is 13.3. The normalized spacial score (nSPS) is 31.0. The molecule has 0 spiro atoms. The number of carbonyl (C=O) groups is 3. The van der Waals surface area contributed by atoms with Gasteiger partial charge in [0.2, 0.25) is 0 Å². The van der Waals surface area contributed by atoms with Gasteiger partial charge in [-0.3, -0.25) is 0 Å². The van der Waals surface area contributed by atoms with Gasteiger partial charge in [0.25, 0.3) is 0 Å². The molecule has 5 rings (SSSR count). The Morgan fingerprint density at radius 1 is 0.609 bits per heavy atom. The monoisotopic (exact) mass is 638 g/mol. The molecule has 4 N–H and O–H groups in total. The summed E-state index contributed by atoms with van der Waals surface area (Å²) < 4.78 is 34.3. The lowest BCUT2D eigenvalue weighted by molar-refractivity contribution is -0.350. The molecular weight excluding hydrogens is 604 g/mol. The van der Waals surface area contributed by atoms with Gasteiger partial charge in [0.1, 0.15) is 37.1 Å². The minimum Gasteiger partial charge on any atom is -0.459 e. The third kappa shape index (κ3) is 7.59. The molecule has 0 aliphatic carbocycles. The van der Waals surface area contributed by atoms with Crippen molar-refractivity contribution in [2.45, 2.75) is 68.3 Å². The first-order valence-electron chi connectivity index (χ1n) is 14.6. The second kappa shape index (κ2) is 14.9. The Balaban J connectivity index is 1.48. The highest BCUT2D eigenvalue weighted by molar-refractivity contribution is 5.90. The van der Waals surface area contributed by atoms with Crippen LogP contribution in [0.3, 0.4) is 0 Å². The van der Waals surface area contributed by atoms with Crippen molar-refractivity contribution in [1.82, 2.24) is 0 Å². The average molecular weight is 639 g/mol. The van der Waals surface area contributed by atoms with E-state index in [9.17, 15) is 34.8 Å². The molecule has 13 heteroatoms. The summed E-state index contributed by atoms with van der Waals surface area (Å²) in [5.74, 6) is -2.51. The minimum atomic E-state index is -1.91. The first kappa shape index (κ1) is 33.2. The summed E-state index contributed by atoms with van der Waals surface area (Å²) >= 11 is 0. The molecule has 0 aromatic heterocycles. The smallest absolute Gasteiger partial charge is 0.338 e. The number of ether oxygens (including phenoxy) is 6. The van der Waals surface area contributed by atoms with Crippen LogP contribution in [0.4, 0.5) is 0 Å². The number of benzene rings is 3. The first-order chi connectivity index (χ1) is 22.1. The number of aliphatic hydroxyl groups is 4. The van der Waals surface area contributed by atoms with Gasteiger partial charge in [-0.25, -0.2) is 14.4 Å². The van der Waals surface area contributed by atoms with Crippen molar-refractivity contribution in [3.63, 3.8) is 0 Å². The van der Waals surface area contributed by atoms with E-state index in [1.54, 1.807) is 54.6 Å². The van der Waals surface area contributed by atoms with Gasteiger partial charge >= 0.3 is 17.9 Å². The zero-order chi connectivity index (χ0) is 32.8. The molecule has 2 aliphatic heterocycles. The van der Waals surface area contributed by atoms with Crippen molar-refractivity contribution >= 4 is 17.9 Å². The van der Waals surface area contributed by atoms with Crippen LogP contribution in [0.15, 0.2) is 91.0 Å². The summed E-state index contributed by atoms with van der Waals surface area (Å²) in [5.41, 5.74) is 0.453. The molecule has 0 saturated carbocycles. The topological polar surface area (TPSA) is 188 Å². The number of carbonyl (C=O) groups excluding carboxylic acids is 3. The molecule has 10 atom stereocenters. The van der Waals surface area contributed by atoms with Crippen molar-refractivity contribution < 1.29 is 63.2 Å². The Labute approximate surface area is 263 Å². The van der Waals surface area contributed by atoms with E-state index in [-0.39, 0.29) is 16.7 Å². The zero-order valence-electron chi connectivity index (χ0n) is 24.6. The van der Waals surface area contributed by atoms with Crippen LogP contribution in [0.5, 0.6) is 0 Å². The van der Waals surface area contributed by atoms with Crippen LogP contribution < -0.4 is 0 Å². The van der Waals surface area contributed by atoms with Crippen LogP contribution in [0.2, 0.25) is 0 Å². The number of rotatable bonds is 9. The van der Waals surface area contributed by atoms with Gasteiger partial charge in [0.15, 0.2) is 24.8 Å². The fourth-order valence-corrected chi connectivity index (χ4v) is 5.08. The quantitative estimate of drug-likeness (QED) is 0.194. The summed E-state index contributed by atoms with van der Waals surface area (Å²) in [5, 5.41) is 42.5. The Morgan fingerprint density at radius 3 is 1.61 bits per heavy atom. The van der Waals surface area contributed by atoms with Gasteiger partial charge in [0, 0.05) is 0 Å². The van der Waals surface area contributed by atoms with Gasteiger partial charge in [0.05, 0.1) is 22.8 Å². The Morgan fingerprint density at radius 2 is 1.09 bits per heavy atom. The predicted octanol–water partition coefficient (Wildman–Crippen LogP) is 1.22. The lowest BCUT2D eigenvalue weighted by atomic mass is 9.96. The third-order valence-corrected chi connectivity index (χ3v) is 7.60. The van der Waals surface area contributed by atoms with Crippen molar-refractivity contribution in [2.24, 2.45) is 0 Å². The zero-order valence-corrected chi connectivity index (χ0v) is 24.6. The van der Waals surface area contributed by atoms with Crippen molar-refractivity contribution in [3.05, 3.63) is 108 Å². The molecule has 2 saturated heterocycles. The molecule has 0 bridgehead atoms. The van der Waals surface area contributed by atoms with Crippen molar-refractivity contribution in [2.75, 3.05) is 6.61 Å². The summed E-state index contributed by atoms with van der Waals surface area (Å²) in [6.07, 6.45) is -15.7. The third-order valence-electron chi connectivity index (χ3n) is 7.60. The van der Waals surface area contributed by atoms with Crippen molar-refractivity contribution in [3.8, 4) is 0 Å². The lowest BCUT2D eigenvalue weighted by Gasteiger charge is -2.46.